The first-order valence-corrected chi connectivity index (χ1v) is 7.23. The molecule has 0 amide bonds. The van der Waals surface area contributed by atoms with Crippen LogP contribution in [0.3, 0.4) is 0 Å². The Balaban J connectivity index is 1.68. The molecular formula is C18H13N3O3. The zero-order chi connectivity index (χ0) is 16.9. The van der Waals surface area contributed by atoms with Crippen LogP contribution in [0.25, 0.3) is 11.4 Å². The summed E-state index contributed by atoms with van der Waals surface area (Å²) in [5.41, 5.74) is 2.58. The van der Waals surface area contributed by atoms with Crippen LogP contribution in [0.2, 0.25) is 0 Å². The van der Waals surface area contributed by atoms with E-state index in [1.165, 1.54) is 6.07 Å². The second-order valence-electron chi connectivity index (χ2n) is 5.10. The maximum atomic E-state index is 12.0. The van der Waals surface area contributed by atoms with Crippen molar-refractivity contribution in [2.24, 2.45) is 0 Å². The highest BCUT2D eigenvalue weighted by Crippen LogP contribution is 2.20. The fourth-order valence-electron chi connectivity index (χ4n) is 2.17. The molecule has 6 heteroatoms. The van der Waals surface area contributed by atoms with Gasteiger partial charge in [0, 0.05) is 5.56 Å². The predicted molar refractivity (Wildman–Crippen MR) is 84.7 cm³/mol. The molecule has 6 nitrogen and oxygen atoms in total. The van der Waals surface area contributed by atoms with Gasteiger partial charge in [-0.1, -0.05) is 35.5 Å². The first kappa shape index (κ1) is 15.4. The fraction of sp³-hybridized carbons (Fsp3) is 0.111. The lowest BCUT2D eigenvalue weighted by Gasteiger charge is -2.02. The van der Waals surface area contributed by atoms with E-state index in [0.717, 1.165) is 11.1 Å². The normalized spacial score (nSPS) is 10.2. The van der Waals surface area contributed by atoms with E-state index in [1.807, 2.05) is 37.3 Å². The minimum atomic E-state index is -0.553. The molecule has 0 saturated carbocycles. The van der Waals surface area contributed by atoms with Crippen molar-refractivity contribution >= 4 is 5.97 Å². The first-order valence-electron chi connectivity index (χ1n) is 7.23. The lowest BCUT2D eigenvalue weighted by atomic mass is 10.1. The van der Waals surface area contributed by atoms with E-state index in [2.05, 4.69) is 10.1 Å². The number of hydrogen-bond donors (Lipinski definition) is 0. The quantitative estimate of drug-likeness (QED) is 0.686. The number of carbonyl (C=O) groups excluding carboxylic acids is 1. The van der Waals surface area contributed by atoms with Gasteiger partial charge in [0.2, 0.25) is 5.82 Å². The SMILES string of the molecule is Cc1ccccc1-c1noc(COC(=O)c2cccc(C#N)c2)n1. The zero-order valence-corrected chi connectivity index (χ0v) is 12.9. The third-order valence-corrected chi connectivity index (χ3v) is 3.41. The Morgan fingerprint density at radius 3 is 2.88 bits per heavy atom. The number of rotatable bonds is 4. The van der Waals surface area contributed by atoms with Crippen molar-refractivity contribution in [3.63, 3.8) is 0 Å². The Labute approximate surface area is 138 Å². The van der Waals surface area contributed by atoms with Gasteiger partial charge in [0.1, 0.15) is 0 Å². The molecular weight excluding hydrogens is 306 g/mol. The van der Waals surface area contributed by atoms with Gasteiger partial charge in [-0.3, -0.25) is 0 Å². The number of ether oxygens (including phenoxy) is 1. The molecule has 0 aliphatic heterocycles. The van der Waals surface area contributed by atoms with Crippen LogP contribution in [-0.2, 0) is 11.3 Å². The maximum absolute atomic E-state index is 12.0. The molecule has 0 atom stereocenters. The molecule has 3 aromatic rings. The van der Waals surface area contributed by atoms with E-state index in [9.17, 15) is 4.79 Å². The topological polar surface area (TPSA) is 89.0 Å². The van der Waals surface area contributed by atoms with Crippen LogP contribution in [0.5, 0.6) is 0 Å². The van der Waals surface area contributed by atoms with Gasteiger partial charge in [-0.25, -0.2) is 4.79 Å². The van der Waals surface area contributed by atoms with Gasteiger partial charge in [0.25, 0.3) is 5.89 Å². The van der Waals surface area contributed by atoms with E-state index in [-0.39, 0.29) is 12.5 Å². The van der Waals surface area contributed by atoms with Crippen molar-refractivity contribution in [3.05, 3.63) is 71.1 Å². The summed E-state index contributed by atoms with van der Waals surface area (Å²) in [5, 5.41) is 12.8. The van der Waals surface area contributed by atoms with Crippen LogP contribution in [0.15, 0.2) is 53.1 Å². The van der Waals surface area contributed by atoms with Gasteiger partial charge < -0.3 is 9.26 Å². The summed E-state index contributed by atoms with van der Waals surface area (Å²) in [7, 11) is 0. The minimum Gasteiger partial charge on any atom is -0.452 e. The van der Waals surface area contributed by atoms with Crippen LogP contribution in [0, 0.1) is 18.3 Å². The van der Waals surface area contributed by atoms with Gasteiger partial charge >= 0.3 is 5.97 Å². The van der Waals surface area contributed by atoms with Crippen molar-refractivity contribution in [1.29, 1.82) is 5.26 Å². The fourth-order valence-corrected chi connectivity index (χ4v) is 2.17. The standard InChI is InChI=1S/C18H13N3O3/c1-12-5-2-3-8-15(12)17-20-16(24-21-17)11-23-18(22)14-7-4-6-13(9-14)10-19/h2-9H,11H2,1H3. The number of esters is 1. The highest BCUT2D eigenvalue weighted by molar-refractivity contribution is 5.89. The molecule has 0 N–H and O–H groups in total. The molecule has 2 aromatic carbocycles. The summed E-state index contributed by atoms with van der Waals surface area (Å²) in [4.78, 5) is 16.2. The van der Waals surface area contributed by atoms with E-state index < -0.39 is 5.97 Å². The molecule has 24 heavy (non-hydrogen) atoms. The molecule has 0 aliphatic rings. The molecule has 3 rings (SSSR count). The molecule has 0 unspecified atom stereocenters. The van der Waals surface area contributed by atoms with E-state index in [0.29, 0.717) is 17.0 Å². The van der Waals surface area contributed by atoms with Gasteiger partial charge in [-0.05, 0) is 30.7 Å². The van der Waals surface area contributed by atoms with Gasteiger partial charge in [0.05, 0.1) is 17.2 Å². The van der Waals surface area contributed by atoms with Crippen molar-refractivity contribution in [2.75, 3.05) is 0 Å². The van der Waals surface area contributed by atoms with Crippen LogP contribution in [0.1, 0.15) is 27.4 Å². The Kier molecular flexibility index (Phi) is 4.34. The summed E-state index contributed by atoms with van der Waals surface area (Å²) in [6, 6.07) is 15.9. The van der Waals surface area contributed by atoms with Gasteiger partial charge in [-0.2, -0.15) is 10.2 Å². The smallest absolute Gasteiger partial charge is 0.338 e. The molecule has 1 heterocycles. The molecule has 0 fully saturated rings. The van der Waals surface area contributed by atoms with Crippen molar-refractivity contribution in [2.45, 2.75) is 13.5 Å². The van der Waals surface area contributed by atoms with E-state index >= 15 is 0 Å². The average molecular weight is 319 g/mol. The number of carbonyl (C=O) groups is 1. The second-order valence-corrected chi connectivity index (χ2v) is 5.10. The molecule has 0 saturated heterocycles. The molecule has 0 bridgehead atoms. The highest BCUT2D eigenvalue weighted by atomic mass is 16.6. The van der Waals surface area contributed by atoms with Crippen LogP contribution in [0.4, 0.5) is 0 Å². The summed E-state index contributed by atoms with van der Waals surface area (Å²) in [6.07, 6.45) is 0. The Morgan fingerprint density at radius 1 is 1.25 bits per heavy atom. The second kappa shape index (κ2) is 6.75. The van der Waals surface area contributed by atoms with Crippen LogP contribution in [-0.4, -0.2) is 16.1 Å². The number of aromatic nitrogens is 2. The largest absolute Gasteiger partial charge is 0.452 e. The summed E-state index contributed by atoms with van der Waals surface area (Å²) < 4.78 is 10.3. The maximum Gasteiger partial charge on any atom is 0.338 e. The summed E-state index contributed by atoms with van der Waals surface area (Å²) >= 11 is 0. The van der Waals surface area contributed by atoms with Crippen molar-refractivity contribution in [3.8, 4) is 17.5 Å². The Hall–Kier alpha value is -3.46. The zero-order valence-electron chi connectivity index (χ0n) is 12.9. The number of hydrogen-bond acceptors (Lipinski definition) is 6. The summed E-state index contributed by atoms with van der Waals surface area (Å²) in [5.74, 6) is 0.103. The van der Waals surface area contributed by atoms with Crippen LogP contribution >= 0.6 is 0 Å². The number of nitrogens with zero attached hydrogens (tertiary/aromatic N) is 3. The van der Waals surface area contributed by atoms with Crippen molar-refractivity contribution in [1.82, 2.24) is 10.1 Å². The monoisotopic (exact) mass is 319 g/mol. The van der Waals surface area contributed by atoms with E-state index in [4.69, 9.17) is 14.5 Å². The van der Waals surface area contributed by atoms with Gasteiger partial charge in [0.15, 0.2) is 6.61 Å². The minimum absolute atomic E-state index is 0.130. The summed E-state index contributed by atoms with van der Waals surface area (Å²) in [6.45, 7) is 1.82. The highest BCUT2D eigenvalue weighted by Gasteiger charge is 2.13. The molecule has 0 spiro atoms. The molecule has 0 aliphatic carbocycles. The Morgan fingerprint density at radius 2 is 2.08 bits per heavy atom. The lowest BCUT2D eigenvalue weighted by Crippen LogP contribution is -2.05. The molecule has 1 aromatic heterocycles. The molecule has 118 valence electrons. The number of nitriles is 1. The van der Waals surface area contributed by atoms with E-state index in [1.54, 1.807) is 18.2 Å². The third-order valence-electron chi connectivity index (χ3n) is 3.41. The third kappa shape index (κ3) is 3.31. The van der Waals surface area contributed by atoms with Crippen LogP contribution < -0.4 is 0 Å². The Bertz CT molecular complexity index is 925. The number of aryl methyl sites for hydroxylation is 1. The van der Waals surface area contributed by atoms with Gasteiger partial charge in [-0.15, -0.1) is 0 Å². The molecule has 0 radical (unpaired) electrons. The number of benzene rings is 2. The predicted octanol–water partition coefficient (Wildman–Crippen LogP) is 3.27. The average Bonchev–Trinajstić information content (AvgIpc) is 3.09. The lowest BCUT2D eigenvalue weighted by molar-refractivity contribution is 0.0430. The first-order chi connectivity index (χ1) is 11.7. The van der Waals surface area contributed by atoms with Crippen molar-refractivity contribution < 1.29 is 14.1 Å².